The highest BCUT2D eigenvalue weighted by atomic mass is 16.5. The number of aromatic carboxylic acids is 1. The van der Waals surface area contributed by atoms with E-state index in [4.69, 9.17) is 4.74 Å². The van der Waals surface area contributed by atoms with Crippen LogP contribution in [-0.4, -0.2) is 34.7 Å². The zero-order valence-electron chi connectivity index (χ0n) is 21.2. The molecule has 0 aliphatic carbocycles. The number of carbonyl (C=O) groups excluding carboxylic acids is 1. The maximum atomic E-state index is 13.5. The third kappa shape index (κ3) is 5.67. The van der Waals surface area contributed by atoms with Crippen molar-refractivity contribution >= 4 is 17.9 Å². The Hall–Kier alpha value is -4.65. The molecule has 0 spiro atoms. The molecule has 0 fully saturated rings. The highest BCUT2D eigenvalue weighted by molar-refractivity contribution is 5.99. The van der Waals surface area contributed by atoms with E-state index in [2.05, 4.69) is 5.32 Å². The number of dihydropyridines is 1. The zero-order valence-corrected chi connectivity index (χ0v) is 21.2. The Morgan fingerprint density at radius 3 is 1.92 bits per heavy atom. The van der Waals surface area contributed by atoms with E-state index in [-0.39, 0.29) is 29.2 Å². The van der Waals surface area contributed by atoms with Gasteiger partial charge in [-0.15, -0.1) is 0 Å². The van der Waals surface area contributed by atoms with E-state index in [0.717, 1.165) is 11.1 Å². The van der Waals surface area contributed by atoms with E-state index in [0.29, 0.717) is 23.4 Å². The molecular formula is C31H29NO6. The summed E-state index contributed by atoms with van der Waals surface area (Å²) in [5.74, 6) is -3.97. The summed E-state index contributed by atoms with van der Waals surface area (Å²) in [6.45, 7) is 3.41. The number of hydrogen-bond donors (Lipinski definition) is 3. The van der Waals surface area contributed by atoms with E-state index in [1.165, 1.54) is 18.2 Å². The van der Waals surface area contributed by atoms with Crippen LogP contribution < -0.4 is 5.32 Å². The van der Waals surface area contributed by atoms with Crippen LogP contribution in [0.5, 0.6) is 0 Å². The standard InChI is InChI=1S/C31H29NO6/c1-19-26(30(35)36)28(23-14-9-15-24(18-23)29(33)34)27(20(2)32-19)31(37)38-17-16-25(21-10-5-3-6-11-21)22-12-7-4-8-13-22/h3-15,18,25,28,32H,16-17H2,1-2H3,(H,33,34)(H,35,36). The van der Waals surface area contributed by atoms with E-state index in [1.807, 2.05) is 60.7 Å². The number of ether oxygens (including phenoxy) is 1. The summed E-state index contributed by atoms with van der Waals surface area (Å²) in [5.41, 5.74) is 3.54. The van der Waals surface area contributed by atoms with Crippen LogP contribution in [0.25, 0.3) is 0 Å². The molecule has 1 atom stereocenters. The predicted octanol–water partition coefficient (Wildman–Crippen LogP) is 5.47. The van der Waals surface area contributed by atoms with Crippen molar-refractivity contribution in [2.24, 2.45) is 0 Å². The molecule has 0 aromatic heterocycles. The Balaban J connectivity index is 1.62. The average Bonchev–Trinajstić information content (AvgIpc) is 2.91. The Labute approximate surface area is 221 Å². The number of benzene rings is 3. The third-order valence-electron chi connectivity index (χ3n) is 6.72. The second kappa shape index (κ2) is 11.6. The highest BCUT2D eigenvalue weighted by Crippen LogP contribution is 2.39. The van der Waals surface area contributed by atoms with Crippen molar-refractivity contribution in [2.45, 2.75) is 32.1 Å². The lowest BCUT2D eigenvalue weighted by molar-refractivity contribution is -0.139. The second-order valence-corrected chi connectivity index (χ2v) is 9.17. The predicted molar refractivity (Wildman–Crippen MR) is 143 cm³/mol. The van der Waals surface area contributed by atoms with Crippen LogP contribution in [0, 0.1) is 0 Å². The van der Waals surface area contributed by atoms with E-state index in [9.17, 15) is 24.6 Å². The molecule has 0 saturated carbocycles. The molecule has 1 aliphatic rings. The molecule has 3 aromatic carbocycles. The van der Waals surface area contributed by atoms with Crippen LogP contribution in [0.3, 0.4) is 0 Å². The molecule has 38 heavy (non-hydrogen) atoms. The molecule has 1 aliphatic heterocycles. The number of allylic oxidation sites excluding steroid dienone is 2. The van der Waals surface area contributed by atoms with Gasteiger partial charge in [0.2, 0.25) is 0 Å². The van der Waals surface area contributed by atoms with Gasteiger partial charge < -0.3 is 20.3 Å². The lowest BCUT2D eigenvalue weighted by atomic mass is 9.80. The second-order valence-electron chi connectivity index (χ2n) is 9.17. The van der Waals surface area contributed by atoms with Crippen LogP contribution in [0.4, 0.5) is 0 Å². The van der Waals surface area contributed by atoms with Gasteiger partial charge in [0, 0.05) is 17.3 Å². The van der Waals surface area contributed by atoms with Crippen molar-refractivity contribution in [1.82, 2.24) is 5.32 Å². The van der Waals surface area contributed by atoms with Crippen LogP contribution >= 0.6 is 0 Å². The van der Waals surface area contributed by atoms with Gasteiger partial charge in [-0.2, -0.15) is 0 Å². The SMILES string of the molecule is CC1=C(C(=O)O)C(c2cccc(C(=O)O)c2)C(C(=O)OCCC(c2ccccc2)c2ccccc2)=C(C)N1. The summed E-state index contributed by atoms with van der Waals surface area (Å²) in [5, 5.41) is 22.5. The first-order valence-electron chi connectivity index (χ1n) is 12.3. The molecule has 0 saturated heterocycles. The minimum Gasteiger partial charge on any atom is -0.478 e. The normalized spacial score (nSPS) is 15.3. The number of carboxylic acids is 2. The number of carbonyl (C=O) groups is 3. The number of rotatable bonds is 9. The number of aliphatic carboxylic acids is 1. The summed E-state index contributed by atoms with van der Waals surface area (Å²) in [7, 11) is 0. The number of carboxylic acid groups (broad SMARTS) is 2. The van der Waals surface area contributed by atoms with Gasteiger partial charge in [0.1, 0.15) is 0 Å². The van der Waals surface area contributed by atoms with Crippen LogP contribution in [0.1, 0.15) is 59.2 Å². The first kappa shape index (κ1) is 26.4. The summed E-state index contributed by atoms with van der Waals surface area (Å²) >= 11 is 0. The van der Waals surface area contributed by atoms with E-state index in [1.54, 1.807) is 19.9 Å². The van der Waals surface area contributed by atoms with Gasteiger partial charge in [0.05, 0.1) is 29.2 Å². The fourth-order valence-electron chi connectivity index (χ4n) is 4.98. The largest absolute Gasteiger partial charge is 0.478 e. The van der Waals surface area contributed by atoms with Gasteiger partial charge in [0.25, 0.3) is 0 Å². The summed E-state index contributed by atoms with van der Waals surface area (Å²) in [4.78, 5) is 37.3. The molecule has 0 radical (unpaired) electrons. The van der Waals surface area contributed by atoms with Crippen LogP contribution in [0.15, 0.2) is 107 Å². The summed E-state index contributed by atoms with van der Waals surface area (Å²) in [6, 6.07) is 25.9. The molecule has 3 aromatic rings. The number of nitrogens with one attached hydrogen (secondary N) is 1. The molecule has 0 bridgehead atoms. The van der Waals surface area contributed by atoms with Crippen molar-refractivity contribution in [1.29, 1.82) is 0 Å². The minimum atomic E-state index is -1.20. The van der Waals surface area contributed by atoms with Gasteiger partial charge in [-0.05, 0) is 49.1 Å². The van der Waals surface area contributed by atoms with E-state index < -0.39 is 23.8 Å². The Bertz CT molecular complexity index is 1370. The maximum Gasteiger partial charge on any atom is 0.336 e. The Morgan fingerprint density at radius 2 is 1.37 bits per heavy atom. The molecule has 7 nitrogen and oxygen atoms in total. The maximum absolute atomic E-state index is 13.5. The topological polar surface area (TPSA) is 113 Å². The molecule has 3 N–H and O–H groups in total. The fraction of sp³-hybridized carbons (Fsp3) is 0.194. The monoisotopic (exact) mass is 511 g/mol. The van der Waals surface area contributed by atoms with Crippen molar-refractivity contribution in [3.05, 3.63) is 130 Å². The Kier molecular flexibility index (Phi) is 8.06. The number of hydrogen-bond acceptors (Lipinski definition) is 5. The van der Waals surface area contributed by atoms with Crippen LogP contribution in [-0.2, 0) is 14.3 Å². The fourth-order valence-corrected chi connectivity index (χ4v) is 4.98. The first-order valence-corrected chi connectivity index (χ1v) is 12.3. The molecule has 0 amide bonds. The highest BCUT2D eigenvalue weighted by Gasteiger charge is 2.37. The van der Waals surface area contributed by atoms with Gasteiger partial charge >= 0.3 is 17.9 Å². The average molecular weight is 512 g/mol. The van der Waals surface area contributed by atoms with Crippen molar-refractivity contribution in [2.75, 3.05) is 6.61 Å². The van der Waals surface area contributed by atoms with Crippen LogP contribution in [0.2, 0.25) is 0 Å². The summed E-state index contributed by atoms with van der Waals surface area (Å²) < 4.78 is 5.75. The third-order valence-corrected chi connectivity index (χ3v) is 6.72. The van der Waals surface area contributed by atoms with Crippen molar-refractivity contribution in [3.8, 4) is 0 Å². The summed E-state index contributed by atoms with van der Waals surface area (Å²) in [6.07, 6.45) is 0.527. The van der Waals surface area contributed by atoms with E-state index >= 15 is 0 Å². The molecule has 1 unspecified atom stereocenters. The quantitative estimate of drug-likeness (QED) is 0.327. The van der Waals surface area contributed by atoms with Crippen molar-refractivity contribution in [3.63, 3.8) is 0 Å². The Morgan fingerprint density at radius 1 is 0.789 bits per heavy atom. The smallest absolute Gasteiger partial charge is 0.336 e. The van der Waals surface area contributed by atoms with Gasteiger partial charge in [-0.3, -0.25) is 0 Å². The van der Waals surface area contributed by atoms with Gasteiger partial charge in [-0.25, -0.2) is 14.4 Å². The van der Waals surface area contributed by atoms with Gasteiger partial charge in [0.15, 0.2) is 0 Å². The zero-order chi connectivity index (χ0) is 27.2. The molecule has 194 valence electrons. The molecule has 1 heterocycles. The molecule has 7 heteroatoms. The molecular weight excluding hydrogens is 482 g/mol. The van der Waals surface area contributed by atoms with Gasteiger partial charge in [-0.1, -0.05) is 72.8 Å². The first-order chi connectivity index (χ1) is 18.3. The number of esters is 1. The minimum absolute atomic E-state index is 0.00218. The van der Waals surface area contributed by atoms with Crippen molar-refractivity contribution < 1.29 is 29.3 Å². The lowest BCUT2D eigenvalue weighted by Crippen LogP contribution is -2.32. The lowest BCUT2D eigenvalue weighted by Gasteiger charge is -2.30. The molecule has 4 rings (SSSR count).